The standard InChI is InChI=1S/C16H16N2O/c1-11(2)16-18-15-14(19-16)9-13(10-17-15)8-12-6-4-3-5-7-12/h3-7,9-11H,8H2,1-2H3. The lowest BCUT2D eigenvalue weighted by Crippen LogP contribution is -1.89. The third kappa shape index (κ3) is 2.50. The molecule has 0 aliphatic rings. The lowest BCUT2D eigenvalue weighted by Gasteiger charge is -2.00. The molecule has 0 saturated heterocycles. The third-order valence-corrected chi connectivity index (χ3v) is 3.07. The van der Waals surface area contributed by atoms with Crippen molar-refractivity contribution in [3.63, 3.8) is 0 Å². The maximum absolute atomic E-state index is 5.73. The number of pyridine rings is 1. The molecule has 3 nitrogen and oxygen atoms in total. The van der Waals surface area contributed by atoms with E-state index < -0.39 is 0 Å². The Morgan fingerprint density at radius 2 is 1.89 bits per heavy atom. The maximum atomic E-state index is 5.73. The van der Waals surface area contributed by atoms with Crippen LogP contribution in [0.4, 0.5) is 0 Å². The first-order chi connectivity index (χ1) is 9.22. The van der Waals surface area contributed by atoms with E-state index in [4.69, 9.17) is 4.42 Å². The molecule has 3 rings (SSSR count). The average Bonchev–Trinajstić information content (AvgIpc) is 2.83. The molecule has 0 bridgehead atoms. The van der Waals surface area contributed by atoms with E-state index in [2.05, 4.69) is 35.9 Å². The summed E-state index contributed by atoms with van der Waals surface area (Å²) in [5.74, 6) is 1.03. The number of hydrogen-bond donors (Lipinski definition) is 0. The van der Waals surface area contributed by atoms with Crippen molar-refractivity contribution in [2.75, 3.05) is 0 Å². The summed E-state index contributed by atoms with van der Waals surface area (Å²) in [7, 11) is 0. The Labute approximate surface area is 112 Å². The minimum absolute atomic E-state index is 0.284. The van der Waals surface area contributed by atoms with Crippen molar-refractivity contribution in [1.82, 2.24) is 9.97 Å². The smallest absolute Gasteiger partial charge is 0.199 e. The van der Waals surface area contributed by atoms with Crippen LogP contribution in [0.15, 0.2) is 47.0 Å². The van der Waals surface area contributed by atoms with Crippen molar-refractivity contribution in [2.45, 2.75) is 26.2 Å². The van der Waals surface area contributed by atoms with Gasteiger partial charge in [-0.1, -0.05) is 44.2 Å². The molecule has 0 aliphatic carbocycles. The zero-order valence-corrected chi connectivity index (χ0v) is 11.1. The highest BCUT2D eigenvalue weighted by molar-refractivity contribution is 5.68. The Morgan fingerprint density at radius 1 is 1.11 bits per heavy atom. The van der Waals surface area contributed by atoms with Gasteiger partial charge in [0, 0.05) is 12.1 Å². The molecule has 0 amide bonds. The molecule has 2 heterocycles. The van der Waals surface area contributed by atoms with Gasteiger partial charge in [-0.2, -0.15) is 4.98 Å². The molecule has 0 atom stereocenters. The maximum Gasteiger partial charge on any atom is 0.199 e. The van der Waals surface area contributed by atoms with Crippen molar-refractivity contribution < 1.29 is 4.42 Å². The Balaban J connectivity index is 1.93. The van der Waals surface area contributed by atoms with Crippen molar-refractivity contribution in [3.05, 3.63) is 59.6 Å². The molecule has 96 valence electrons. The first-order valence-corrected chi connectivity index (χ1v) is 6.51. The van der Waals surface area contributed by atoms with Gasteiger partial charge in [0.05, 0.1) is 0 Å². The van der Waals surface area contributed by atoms with E-state index in [1.165, 1.54) is 5.56 Å². The van der Waals surface area contributed by atoms with Gasteiger partial charge in [-0.3, -0.25) is 0 Å². The molecule has 0 fully saturated rings. The van der Waals surface area contributed by atoms with Crippen LogP contribution in [0.1, 0.15) is 36.8 Å². The fourth-order valence-electron chi connectivity index (χ4n) is 2.05. The van der Waals surface area contributed by atoms with Crippen LogP contribution in [0.5, 0.6) is 0 Å². The van der Waals surface area contributed by atoms with Crippen LogP contribution in [0.3, 0.4) is 0 Å². The minimum atomic E-state index is 0.284. The van der Waals surface area contributed by atoms with E-state index in [0.29, 0.717) is 5.65 Å². The lowest BCUT2D eigenvalue weighted by molar-refractivity contribution is 0.501. The van der Waals surface area contributed by atoms with Gasteiger partial charge in [0.1, 0.15) is 0 Å². The van der Waals surface area contributed by atoms with Crippen LogP contribution in [-0.2, 0) is 6.42 Å². The van der Waals surface area contributed by atoms with Gasteiger partial charge in [0.25, 0.3) is 0 Å². The molecule has 0 unspecified atom stereocenters. The van der Waals surface area contributed by atoms with Gasteiger partial charge in [0.2, 0.25) is 0 Å². The molecular weight excluding hydrogens is 236 g/mol. The van der Waals surface area contributed by atoms with Gasteiger partial charge in [-0.15, -0.1) is 0 Å². The molecule has 3 aromatic rings. The largest absolute Gasteiger partial charge is 0.439 e. The molecule has 0 saturated carbocycles. The van der Waals surface area contributed by atoms with E-state index in [9.17, 15) is 0 Å². The molecule has 1 aromatic carbocycles. The quantitative estimate of drug-likeness (QED) is 0.708. The van der Waals surface area contributed by atoms with Crippen molar-refractivity contribution >= 4 is 11.2 Å². The Hall–Kier alpha value is -2.16. The topological polar surface area (TPSA) is 38.9 Å². The second-order valence-electron chi connectivity index (χ2n) is 5.03. The van der Waals surface area contributed by atoms with Crippen molar-refractivity contribution in [1.29, 1.82) is 0 Å². The highest BCUT2D eigenvalue weighted by Crippen LogP contribution is 2.21. The summed E-state index contributed by atoms with van der Waals surface area (Å²) in [6.07, 6.45) is 2.74. The van der Waals surface area contributed by atoms with E-state index in [1.54, 1.807) is 0 Å². The first kappa shape index (κ1) is 11.9. The Morgan fingerprint density at radius 3 is 2.63 bits per heavy atom. The zero-order chi connectivity index (χ0) is 13.2. The normalized spacial score (nSPS) is 11.3. The molecule has 19 heavy (non-hydrogen) atoms. The fraction of sp³-hybridized carbons (Fsp3) is 0.250. The number of benzene rings is 1. The Bertz CT molecular complexity index is 686. The van der Waals surface area contributed by atoms with E-state index in [-0.39, 0.29) is 5.92 Å². The number of hydrogen-bond acceptors (Lipinski definition) is 3. The van der Waals surface area contributed by atoms with Crippen LogP contribution < -0.4 is 0 Å². The van der Waals surface area contributed by atoms with E-state index in [1.807, 2.05) is 30.5 Å². The van der Waals surface area contributed by atoms with Gasteiger partial charge in [-0.25, -0.2) is 4.98 Å². The molecule has 0 N–H and O–H groups in total. The van der Waals surface area contributed by atoms with E-state index >= 15 is 0 Å². The molecule has 0 aliphatic heterocycles. The summed E-state index contributed by atoms with van der Waals surface area (Å²) in [5.41, 5.74) is 3.88. The van der Waals surface area contributed by atoms with Gasteiger partial charge in [-0.05, 0) is 23.6 Å². The van der Waals surface area contributed by atoms with Crippen molar-refractivity contribution in [2.24, 2.45) is 0 Å². The number of aromatic nitrogens is 2. The molecule has 3 heteroatoms. The van der Waals surface area contributed by atoms with Gasteiger partial charge < -0.3 is 4.42 Å². The first-order valence-electron chi connectivity index (χ1n) is 6.51. The highest BCUT2D eigenvalue weighted by Gasteiger charge is 2.10. The second-order valence-corrected chi connectivity index (χ2v) is 5.03. The predicted molar refractivity (Wildman–Crippen MR) is 75.1 cm³/mol. The summed E-state index contributed by atoms with van der Waals surface area (Å²) in [6, 6.07) is 12.4. The predicted octanol–water partition coefficient (Wildman–Crippen LogP) is 3.94. The molecule has 2 aromatic heterocycles. The zero-order valence-electron chi connectivity index (χ0n) is 11.1. The van der Waals surface area contributed by atoms with E-state index in [0.717, 1.165) is 23.5 Å². The van der Waals surface area contributed by atoms with Crippen LogP contribution in [0.25, 0.3) is 11.2 Å². The highest BCUT2D eigenvalue weighted by atomic mass is 16.3. The van der Waals surface area contributed by atoms with Crippen LogP contribution >= 0.6 is 0 Å². The monoisotopic (exact) mass is 252 g/mol. The minimum Gasteiger partial charge on any atom is -0.439 e. The molecular formula is C16H16N2O. The number of nitrogens with zero attached hydrogens (tertiary/aromatic N) is 2. The van der Waals surface area contributed by atoms with Crippen LogP contribution in [0.2, 0.25) is 0 Å². The lowest BCUT2D eigenvalue weighted by atomic mass is 10.1. The van der Waals surface area contributed by atoms with Crippen molar-refractivity contribution in [3.8, 4) is 0 Å². The summed E-state index contributed by atoms with van der Waals surface area (Å²) < 4.78 is 5.73. The van der Waals surface area contributed by atoms with Crippen LogP contribution in [0, 0.1) is 0 Å². The van der Waals surface area contributed by atoms with Crippen LogP contribution in [-0.4, -0.2) is 9.97 Å². The summed E-state index contributed by atoms with van der Waals surface area (Å²) in [6.45, 7) is 4.13. The third-order valence-electron chi connectivity index (χ3n) is 3.07. The molecule has 0 radical (unpaired) electrons. The second kappa shape index (κ2) is 4.84. The summed E-state index contributed by atoms with van der Waals surface area (Å²) >= 11 is 0. The SMILES string of the molecule is CC(C)c1nc2ncc(Cc3ccccc3)cc2o1. The average molecular weight is 252 g/mol. The van der Waals surface area contributed by atoms with Gasteiger partial charge >= 0.3 is 0 Å². The fourth-order valence-corrected chi connectivity index (χ4v) is 2.05. The number of fused-ring (bicyclic) bond motifs is 1. The Kier molecular flexibility index (Phi) is 3.03. The summed E-state index contributed by atoms with van der Waals surface area (Å²) in [5, 5.41) is 0. The molecule has 0 spiro atoms. The van der Waals surface area contributed by atoms with Gasteiger partial charge in [0.15, 0.2) is 17.1 Å². The summed E-state index contributed by atoms with van der Waals surface area (Å²) in [4.78, 5) is 8.76. The number of oxazole rings is 1. The number of rotatable bonds is 3.